The topological polar surface area (TPSA) is 99.6 Å². The lowest BCUT2D eigenvalue weighted by atomic mass is 9.74. The van der Waals surface area contributed by atoms with Crippen molar-refractivity contribution in [1.82, 2.24) is 9.80 Å². The zero-order valence-electron chi connectivity index (χ0n) is 20.2. The van der Waals surface area contributed by atoms with Gasteiger partial charge in [-0.3, -0.25) is 14.4 Å². The van der Waals surface area contributed by atoms with E-state index in [2.05, 4.69) is 0 Å². The second kappa shape index (κ2) is 8.49. The molecule has 35 heavy (non-hydrogen) atoms. The first-order valence-corrected chi connectivity index (χ1v) is 11.9. The molecule has 5 atom stereocenters. The van der Waals surface area contributed by atoms with Crippen LogP contribution >= 0.6 is 0 Å². The van der Waals surface area contributed by atoms with Gasteiger partial charge in [0.2, 0.25) is 11.8 Å². The lowest BCUT2D eigenvalue weighted by Gasteiger charge is -2.37. The number of carbonyl (C=O) groups is 3. The van der Waals surface area contributed by atoms with Crippen molar-refractivity contribution >= 4 is 23.4 Å². The molecule has 1 N–H and O–H groups in total. The van der Waals surface area contributed by atoms with E-state index in [-0.39, 0.29) is 30.9 Å². The molecule has 0 radical (unpaired) electrons. The molecule has 1 spiro atoms. The number of amides is 3. The molecule has 2 saturated heterocycles. The first-order chi connectivity index (χ1) is 16.8. The minimum atomic E-state index is -1.29. The zero-order chi connectivity index (χ0) is 25.0. The normalized spacial score (nSPS) is 34.0. The molecule has 0 aromatic heterocycles. The third-order valence-corrected chi connectivity index (χ3v) is 7.70. The molecule has 4 heterocycles. The predicted molar refractivity (Wildman–Crippen MR) is 128 cm³/mol. The van der Waals surface area contributed by atoms with Crippen LogP contribution in [0.5, 0.6) is 5.75 Å². The molecule has 9 heteroatoms. The number of hydrogen-bond donors (Lipinski definition) is 1. The van der Waals surface area contributed by atoms with E-state index >= 15 is 0 Å². The summed E-state index contributed by atoms with van der Waals surface area (Å²) in [5, 5.41) is 9.49. The van der Waals surface area contributed by atoms with Crippen LogP contribution in [0.3, 0.4) is 0 Å². The second-order valence-electron chi connectivity index (χ2n) is 9.78. The maximum absolute atomic E-state index is 14.2. The van der Waals surface area contributed by atoms with E-state index in [0.29, 0.717) is 30.9 Å². The molecule has 3 amide bonds. The minimum Gasteiger partial charge on any atom is -0.497 e. The number of aliphatic hydroxyl groups is 1. The number of aliphatic hydroxyl groups excluding tert-OH is 1. The molecule has 0 bridgehead atoms. The van der Waals surface area contributed by atoms with Gasteiger partial charge in [-0.15, -0.1) is 0 Å². The number of methoxy groups -OCH3 is 1. The van der Waals surface area contributed by atoms with Crippen molar-refractivity contribution in [2.75, 3.05) is 45.3 Å². The summed E-state index contributed by atoms with van der Waals surface area (Å²) in [5.41, 5.74) is -1.64. The molecule has 1 unspecified atom stereocenters. The Hall–Kier alpha value is -3.17. The van der Waals surface area contributed by atoms with Crippen LogP contribution in [-0.2, 0) is 19.1 Å². The standard InChI is InChI=1S/C26H31N3O6/c1-25-11-4-13-27(2)22(31)19(25)20-23(32)29(15-6-16-30)21-24(33)28(14-5-12-26(20,21)35-25)17-7-9-18(34-3)10-8-17/h4-5,7-12,19-21,30H,6,13-16H2,1-3H3/t19-,20-,21?,25+,26-/m0/s1. The van der Waals surface area contributed by atoms with Crippen molar-refractivity contribution in [1.29, 1.82) is 0 Å². The van der Waals surface area contributed by atoms with Crippen LogP contribution in [0.25, 0.3) is 0 Å². The van der Waals surface area contributed by atoms with E-state index in [4.69, 9.17) is 9.47 Å². The number of anilines is 1. The first-order valence-electron chi connectivity index (χ1n) is 11.9. The van der Waals surface area contributed by atoms with Gasteiger partial charge in [-0.1, -0.05) is 24.3 Å². The molecule has 4 aliphatic rings. The fourth-order valence-electron chi connectivity index (χ4n) is 6.12. The Labute approximate surface area is 204 Å². The Balaban J connectivity index is 1.62. The number of rotatable bonds is 5. The Morgan fingerprint density at radius 1 is 1.03 bits per heavy atom. The van der Waals surface area contributed by atoms with E-state index in [1.165, 1.54) is 4.90 Å². The fourth-order valence-corrected chi connectivity index (χ4v) is 6.12. The molecule has 0 aliphatic carbocycles. The summed E-state index contributed by atoms with van der Waals surface area (Å²) < 4.78 is 12.0. The Bertz CT molecular complexity index is 1100. The van der Waals surface area contributed by atoms with Gasteiger partial charge in [0, 0.05) is 39.0 Å². The van der Waals surface area contributed by atoms with Crippen LogP contribution in [-0.4, -0.2) is 90.3 Å². The van der Waals surface area contributed by atoms with Gasteiger partial charge < -0.3 is 29.3 Å². The first kappa shape index (κ1) is 23.6. The summed E-state index contributed by atoms with van der Waals surface area (Å²) in [5.74, 6) is -1.67. The Kier molecular flexibility index (Phi) is 5.72. The maximum atomic E-state index is 14.2. The molecule has 1 aromatic carbocycles. The monoisotopic (exact) mass is 481 g/mol. The lowest BCUT2D eigenvalue weighted by molar-refractivity contribution is -0.148. The second-order valence-corrected chi connectivity index (χ2v) is 9.78. The van der Waals surface area contributed by atoms with E-state index in [1.54, 1.807) is 48.2 Å². The van der Waals surface area contributed by atoms with Gasteiger partial charge in [0.1, 0.15) is 17.4 Å². The van der Waals surface area contributed by atoms with Crippen LogP contribution in [0.4, 0.5) is 5.69 Å². The molecule has 1 aromatic rings. The third-order valence-electron chi connectivity index (χ3n) is 7.70. The minimum absolute atomic E-state index is 0.118. The van der Waals surface area contributed by atoms with Gasteiger partial charge in [-0.05, 0) is 37.6 Å². The Morgan fingerprint density at radius 3 is 2.43 bits per heavy atom. The van der Waals surface area contributed by atoms with Gasteiger partial charge in [0.25, 0.3) is 5.91 Å². The fraction of sp³-hybridized carbons (Fsp3) is 0.500. The summed E-state index contributed by atoms with van der Waals surface area (Å²) >= 11 is 0. The number of likely N-dealkylation sites (N-methyl/N-ethyl adjacent to an activating group) is 1. The maximum Gasteiger partial charge on any atom is 0.253 e. The van der Waals surface area contributed by atoms with Crippen molar-refractivity contribution in [3.63, 3.8) is 0 Å². The van der Waals surface area contributed by atoms with E-state index in [1.807, 2.05) is 31.2 Å². The van der Waals surface area contributed by atoms with Gasteiger partial charge in [-0.25, -0.2) is 0 Å². The van der Waals surface area contributed by atoms with Crippen molar-refractivity contribution in [3.8, 4) is 5.75 Å². The Morgan fingerprint density at radius 2 is 1.74 bits per heavy atom. The summed E-state index contributed by atoms with van der Waals surface area (Å²) in [6, 6.07) is 6.21. The van der Waals surface area contributed by atoms with Gasteiger partial charge >= 0.3 is 0 Å². The highest BCUT2D eigenvalue weighted by Gasteiger charge is 2.74. The van der Waals surface area contributed by atoms with Crippen molar-refractivity contribution < 1.29 is 29.0 Å². The number of benzene rings is 1. The molecule has 4 aliphatic heterocycles. The van der Waals surface area contributed by atoms with E-state index in [0.717, 1.165) is 0 Å². The van der Waals surface area contributed by atoms with Crippen LogP contribution in [0, 0.1) is 11.8 Å². The number of fused-ring (bicyclic) bond motifs is 2. The van der Waals surface area contributed by atoms with Gasteiger partial charge in [-0.2, -0.15) is 0 Å². The summed E-state index contributed by atoms with van der Waals surface area (Å²) in [4.78, 5) is 46.3. The zero-order valence-corrected chi connectivity index (χ0v) is 20.2. The summed E-state index contributed by atoms with van der Waals surface area (Å²) in [6.07, 6.45) is 7.73. The molecule has 5 rings (SSSR count). The molecule has 2 fully saturated rings. The molecule has 0 saturated carbocycles. The van der Waals surface area contributed by atoms with Gasteiger partial charge in [0.15, 0.2) is 0 Å². The molecule has 186 valence electrons. The average molecular weight is 482 g/mol. The summed E-state index contributed by atoms with van der Waals surface area (Å²) in [7, 11) is 3.29. The van der Waals surface area contributed by atoms with Crippen LogP contribution in [0.15, 0.2) is 48.6 Å². The van der Waals surface area contributed by atoms with Crippen molar-refractivity contribution in [2.24, 2.45) is 11.8 Å². The molecule has 9 nitrogen and oxygen atoms in total. The smallest absolute Gasteiger partial charge is 0.253 e. The molecular weight excluding hydrogens is 450 g/mol. The number of likely N-dealkylation sites (tertiary alicyclic amines) is 1. The number of nitrogens with zero attached hydrogens (tertiary/aromatic N) is 3. The van der Waals surface area contributed by atoms with Crippen LogP contribution in [0.2, 0.25) is 0 Å². The average Bonchev–Trinajstić information content (AvgIpc) is 3.12. The van der Waals surface area contributed by atoms with E-state index < -0.39 is 29.1 Å². The van der Waals surface area contributed by atoms with Gasteiger partial charge in [0.05, 0.1) is 24.5 Å². The predicted octanol–water partition coefficient (Wildman–Crippen LogP) is 0.980. The van der Waals surface area contributed by atoms with Crippen LogP contribution in [0.1, 0.15) is 13.3 Å². The highest BCUT2D eigenvalue weighted by Crippen LogP contribution is 2.57. The lowest BCUT2D eigenvalue weighted by Crippen LogP contribution is -2.56. The third kappa shape index (κ3) is 3.40. The highest BCUT2D eigenvalue weighted by molar-refractivity contribution is 6.06. The summed E-state index contributed by atoms with van der Waals surface area (Å²) in [6.45, 7) is 2.63. The number of ether oxygens (including phenoxy) is 2. The SMILES string of the molecule is COc1ccc(N2CC=C[C@]34O[C@]5(C)C=CCN(C)C(=O)[C@@H]5[C@H]3C(=O)N(CCCO)C4C2=O)cc1. The molecular formula is C26H31N3O6. The largest absolute Gasteiger partial charge is 0.497 e. The number of carbonyl (C=O) groups excluding carboxylic acids is 3. The quantitative estimate of drug-likeness (QED) is 0.630. The van der Waals surface area contributed by atoms with Crippen LogP contribution < -0.4 is 9.64 Å². The van der Waals surface area contributed by atoms with E-state index in [9.17, 15) is 19.5 Å². The number of hydrogen-bond acceptors (Lipinski definition) is 6. The van der Waals surface area contributed by atoms with Crippen molar-refractivity contribution in [3.05, 3.63) is 48.6 Å². The van der Waals surface area contributed by atoms with Crippen molar-refractivity contribution in [2.45, 2.75) is 30.6 Å². The highest BCUT2D eigenvalue weighted by atomic mass is 16.5.